The first kappa shape index (κ1) is 19.9. The molecule has 0 saturated carbocycles. The molecule has 0 aromatic carbocycles. The Morgan fingerprint density at radius 3 is 2.73 bits per heavy atom. The Hall–Kier alpha value is -3.36. The molecule has 1 N–H and O–H groups in total. The molecule has 3 aromatic rings. The SMILES string of the molecule is CCCn1c(C(=O)N[C@H]2CCN(c3ccccn3)C2)cc2c(=O)n(C)c(=O)n(C)c21. The molecule has 0 bridgehead atoms. The zero-order valence-electron chi connectivity index (χ0n) is 17.5. The number of nitrogens with one attached hydrogen (secondary N) is 1. The quantitative estimate of drug-likeness (QED) is 0.673. The van der Waals surface area contributed by atoms with Crippen molar-refractivity contribution >= 4 is 22.8 Å². The lowest BCUT2D eigenvalue weighted by atomic mass is 10.2. The molecule has 0 aliphatic carbocycles. The Balaban J connectivity index is 1.64. The lowest BCUT2D eigenvalue weighted by Crippen LogP contribution is -2.38. The van der Waals surface area contributed by atoms with Gasteiger partial charge in [-0.15, -0.1) is 0 Å². The highest BCUT2D eigenvalue weighted by Gasteiger charge is 2.27. The van der Waals surface area contributed by atoms with E-state index in [9.17, 15) is 14.4 Å². The minimum Gasteiger partial charge on any atom is -0.354 e. The molecule has 1 atom stereocenters. The summed E-state index contributed by atoms with van der Waals surface area (Å²) in [7, 11) is 3.07. The van der Waals surface area contributed by atoms with E-state index in [-0.39, 0.29) is 17.5 Å². The third kappa shape index (κ3) is 3.30. The zero-order valence-corrected chi connectivity index (χ0v) is 17.5. The molecule has 3 aromatic heterocycles. The van der Waals surface area contributed by atoms with Gasteiger partial charge in [-0.25, -0.2) is 9.78 Å². The van der Waals surface area contributed by atoms with E-state index in [1.165, 1.54) is 11.6 Å². The summed E-state index contributed by atoms with van der Waals surface area (Å²) in [6, 6.07) is 7.37. The van der Waals surface area contributed by atoms with Crippen molar-refractivity contribution in [2.75, 3.05) is 18.0 Å². The molecule has 0 unspecified atom stereocenters. The number of carbonyl (C=O) groups is 1. The second-order valence-corrected chi connectivity index (χ2v) is 7.72. The van der Waals surface area contributed by atoms with Crippen LogP contribution in [0.4, 0.5) is 5.82 Å². The summed E-state index contributed by atoms with van der Waals surface area (Å²) in [6.07, 6.45) is 3.34. The van der Waals surface area contributed by atoms with Gasteiger partial charge in [0.15, 0.2) is 0 Å². The fourth-order valence-corrected chi connectivity index (χ4v) is 4.17. The number of hydrogen-bond donors (Lipinski definition) is 1. The van der Waals surface area contributed by atoms with E-state index in [1.807, 2.05) is 25.1 Å². The fourth-order valence-electron chi connectivity index (χ4n) is 4.17. The van der Waals surface area contributed by atoms with Gasteiger partial charge in [0.25, 0.3) is 11.5 Å². The molecule has 158 valence electrons. The molecule has 4 rings (SSSR count). The van der Waals surface area contributed by atoms with Crippen LogP contribution in [0.15, 0.2) is 40.1 Å². The van der Waals surface area contributed by atoms with Crippen LogP contribution in [0.3, 0.4) is 0 Å². The Labute approximate surface area is 173 Å². The molecule has 1 saturated heterocycles. The summed E-state index contributed by atoms with van der Waals surface area (Å²) in [5.41, 5.74) is 0.0916. The molecule has 1 fully saturated rings. The normalized spacial score (nSPS) is 16.4. The summed E-state index contributed by atoms with van der Waals surface area (Å²) < 4.78 is 4.28. The Morgan fingerprint density at radius 1 is 1.23 bits per heavy atom. The molecule has 1 aliphatic rings. The average Bonchev–Trinajstić information content (AvgIpc) is 3.37. The summed E-state index contributed by atoms with van der Waals surface area (Å²) in [5, 5.41) is 3.47. The van der Waals surface area contributed by atoms with Crippen molar-refractivity contribution in [3.8, 4) is 0 Å². The minimum atomic E-state index is -0.406. The summed E-state index contributed by atoms with van der Waals surface area (Å²) in [5.74, 6) is 0.662. The number of nitrogens with zero attached hydrogens (tertiary/aromatic N) is 5. The minimum absolute atomic E-state index is 0.0146. The maximum absolute atomic E-state index is 13.1. The molecule has 0 radical (unpaired) electrons. The predicted molar refractivity (Wildman–Crippen MR) is 115 cm³/mol. The van der Waals surface area contributed by atoms with Gasteiger partial charge in [-0.2, -0.15) is 0 Å². The number of carbonyl (C=O) groups excluding carboxylic acids is 1. The van der Waals surface area contributed by atoms with Crippen LogP contribution >= 0.6 is 0 Å². The summed E-state index contributed by atoms with van der Waals surface area (Å²) >= 11 is 0. The van der Waals surface area contributed by atoms with Crippen LogP contribution in [-0.4, -0.2) is 43.7 Å². The lowest BCUT2D eigenvalue weighted by Gasteiger charge is -2.18. The zero-order chi connectivity index (χ0) is 21.4. The Kier molecular flexibility index (Phi) is 5.19. The summed E-state index contributed by atoms with van der Waals surface area (Å²) in [4.78, 5) is 44.7. The van der Waals surface area contributed by atoms with E-state index in [0.717, 1.165) is 29.8 Å². The van der Waals surface area contributed by atoms with Gasteiger partial charge in [0.1, 0.15) is 17.2 Å². The van der Waals surface area contributed by atoms with E-state index in [4.69, 9.17) is 0 Å². The van der Waals surface area contributed by atoms with Crippen molar-refractivity contribution in [2.24, 2.45) is 14.1 Å². The molecular formula is C21H26N6O3. The molecule has 1 amide bonds. The van der Waals surface area contributed by atoms with Crippen molar-refractivity contribution in [3.05, 3.63) is 57.0 Å². The molecule has 9 nitrogen and oxygen atoms in total. The van der Waals surface area contributed by atoms with E-state index in [2.05, 4.69) is 15.2 Å². The monoisotopic (exact) mass is 410 g/mol. The van der Waals surface area contributed by atoms with Crippen molar-refractivity contribution in [3.63, 3.8) is 0 Å². The number of pyridine rings is 1. The second kappa shape index (κ2) is 7.81. The third-order valence-corrected chi connectivity index (χ3v) is 5.67. The maximum Gasteiger partial charge on any atom is 0.332 e. The first-order valence-electron chi connectivity index (χ1n) is 10.2. The van der Waals surface area contributed by atoms with Gasteiger partial charge in [-0.3, -0.25) is 18.7 Å². The highest BCUT2D eigenvalue weighted by atomic mass is 16.2. The van der Waals surface area contributed by atoms with Crippen LogP contribution in [0.1, 0.15) is 30.3 Å². The number of hydrogen-bond acceptors (Lipinski definition) is 5. The highest BCUT2D eigenvalue weighted by Crippen LogP contribution is 2.20. The van der Waals surface area contributed by atoms with Gasteiger partial charge >= 0.3 is 5.69 Å². The predicted octanol–water partition coefficient (Wildman–Crippen LogP) is 0.852. The first-order valence-corrected chi connectivity index (χ1v) is 10.2. The van der Waals surface area contributed by atoms with Crippen molar-refractivity contribution in [2.45, 2.75) is 32.4 Å². The van der Waals surface area contributed by atoms with Gasteiger partial charge in [-0.05, 0) is 31.0 Å². The van der Waals surface area contributed by atoms with Crippen LogP contribution in [0.5, 0.6) is 0 Å². The van der Waals surface area contributed by atoms with Crippen LogP contribution in [0, 0.1) is 0 Å². The van der Waals surface area contributed by atoms with Crippen LogP contribution in [0.2, 0.25) is 0 Å². The van der Waals surface area contributed by atoms with Gasteiger partial charge < -0.3 is 14.8 Å². The second-order valence-electron chi connectivity index (χ2n) is 7.72. The van der Waals surface area contributed by atoms with Gasteiger partial charge in [0, 0.05) is 46.0 Å². The molecular weight excluding hydrogens is 384 g/mol. The van der Waals surface area contributed by atoms with E-state index >= 15 is 0 Å². The topological polar surface area (TPSA) is 94.2 Å². The van der Waals surface area contributed by atoms with Crippen LogP contribution < -0.4 is 21.5 Å². The van der Waals surface area contributed by atoms with E-state index in [1.54, 1.807) is 23.9 Å². The Bertz CT molecular complexity index is 1210. The third-order valence-electron chi connectivity index (χ3n) is 5.67. The molecule has 1 aliphatic heterocycles. The number of fused-ring (bicyclic) bond motifs is 1. The van der Waals surface area contributed by atoms with Crippen LogP contribution in [-0.2, 0) is 20.6 Å². The number of amides is 1. The first-order chi connectivity index (χ1) is 14.4. The Morgan fingerprint density at radius 2 is 2.03 bits per heavy atom. The molecule has 4 heterocycles. The van der Waals surface area contributed by atoms with Crippen molar-refractivity contribution < 1.29 is 4.79 Å². The lowest BCUT2D eigenvalue weighted by molar-refractivity contribution is 0.0931. The number of aryl methyl sites for hydroxylation is 2. The van der Waals surface area contributed by atoms with Gasteiger partial charge in [0.2, 0.25) is 0 Å². The number of anilines is 1. The van der Waals surface area contributed by atoms with Crippen LogP contribution in [0.25, 0.3) is 11.0 Å². The van der Waals surface area contributed by atoms with E-state index < -0.39 is 5.69 Å². The molecule has 0 spiro atoms. The highest BCUT2D eigenvalue weighted by molar-refractivity contribution is 5.98. The molecule has 9 heteroatoms. The number of rotatable bonds is 5. The number of aromatic nitrogens is 4. The van der Waals surface area contributed by atoms with Gasteiger partial charge in [-0.1, -0.05) is 13.0 Å². The standard InChI is InChI=1S/C21H26N6O3/c1-4-10-27-16(12-15-19(27)24(2)21(30)25(3)20(15)29)18(28)23-14-8-11-26(13-14)17-7-5-6-9-22-17/h5-7,9,12,14H,4,8,10-11,13H2,1-3H3,(H,23,28)/t14-/m0/s1. The van der Waals surface area contributed by atoms with Crippen molar-refractivity contribution in [1.29, 1.82) is 0 Å². The van der Waals surface area contributed by atoms with E-state index in [0.29, 0.717) is 29.8 Å². The maximum atomic E-state index is 13.1. The van der Waals surface area contributed by atoms with Crippen molar-refractivity contribution in [1.82, 2.24) is 24.0 Å². The smallest absolute Gasteiger partial charge is 0.332 e. The molecule has 30 heavy (non-hydrogen) atoms. The van der Waals surface area contributed by atoms with Gasteiger partial charge in [0.05, 0.1) is 5.39 Å². The fraction of sp³-hybridized carbons (Fsp3) is 0.429. The average molecular weight is 410 g/mol. The largest absolute Gasteiger partial charge is 0.354 e. The summed E-state index contributed by atoms with van der Waals surface area (Å²) in [6.45, 7) is 4.03.